The third kappa shape index (κ3) is 10.8. The van der Waals surface area contributed by atoms with Crippen LogP contribution in [-0.4, -0.2) is 29.6 Å². The van der Waals surface area contributed by atoms with Gasteiger partial charge in [-0.25, -0.2) is 4.98 Å². The van der Waals surface area contributed by atoms with Crippen LogP contribution in [0.5, 0.6) is 0 Å². The molecule has 2 rings (SSSR count). The summed E-state index contributed by atoms with van der Waals surface area (Å²) in [6.07, 6.45) is 4.37. The lowest BCUT2D eigenvalue weighted by Crippen LogP contribution is -2.35. The SMILES string of the molecule is CC.CC.CC(C)(C)OC(=O)CC1CCN(c2ccc(Br)cn2)CC1.N. The van der Waals surface area contributed by atoms with Gasteiger partial charge in [-0.3, -0.25) is 4.79 Å². The van der Waals surface area contributed by atoms with Gasteiger partial charge >= 0.3 is 5.97 Å². The van der Waals surface area contributed by atoms with Gasteiger partial charge in [0.25, 0.3) is 0 Å². The van der Waals surface area contributed by atoms with E-state index in [1.165, 1.54) is 0 Å². The summed E-state index contributed by atoms with van der Waals surface area (Å²) in [6, 6.07) is 4.04. The van der Waals surface area contributed by atoms with Crippen LogP contribution in [0.25, 0.3) is 0 Å². The first-order chi connectivity index (χ1) is 11.8. The van der Waals surface area contributed by atoms with Crippen LogP contribution in [0.15, 0.2) is 22.8 Å². The second-order valence-electron chi connectivity index (χ2n) is 6.56. The molecule has 0 atom stereocenters. The number of hydrogen-bond acceptors (Lipinski definition) is 5. The number of nitrogens with zero attached hydrogens (tertiary/aromatic N) is 2. The molecule has 2 heterocycles. The van der Waals surface area contributed by atoms with Crippen molar-refractivity contribution >= 4 is 27.7 Å². The molecule has 1 aliphatic heterocycles. The van der Waals surface area contributed by atoms with Crippen molar-refractivity contribution in [1.29, 1.82) is 0 Å². The second kappa shape index (κ2) is 14.0. The van der Waals surface area contributed by atoms with E-state index < -0.39 is 0 Å². The summed E-state index contributed by atoms with van der Waals surface area (Å²) in [5.74, 6) is 1.35. The minimum atomic E-state index is -0.390. The lowest BCUT2D eigenvalue weighted by molar-refractivity contribution is -0.156. The quantitative estimate of drug-likeness (QED) is 0.592. The summed E-state index contributed by atoms with van der Waals surface area (Å²) in [5, 5.41) is 0. The van der Waals surface area contributed by atoms with Gasteiger partial charge in [-0.1, -0.05) is 27.7 Å². The molecule has 0 radical (unpaired) electrons. The number of carbonyl (C=O) groups excluding carboxylic acids is 1. The third-order valence-corrected chi connectivity index (χ3v) is 3.99. The van der Waals surface area contributed by atoms with E-state index in [2.05, 4.69) is 25.8 Å². The number of ether oxygens (including phenoxy) is 1. The van der Waals surface area contributed by atoms with Gasteiger partial charge in [-0.05, 0) is 67.6 Å². The van der Waals surface area contributed by atoms with E-state index in [9.17, 15) is 4.79 Å². The molecule has 1 fully saturated rings. The highest BCUT2D eigenvalue weighted by atomic mass is 79.9. The highest BCUT2D eigenvalue weighted by Gasteiger charge is 2.24. The Hall–Kier alpha value is -1.14. The first kappa shape index (κ1) is 27.1. The smallest absolute Gasteiger partial charge is 0.306 e. The zero-order chi connectivity index (χ0) is 19.5. The van der Waals surface area contributed by atoms with E-state index in [0.717, 1.165) is 36.2 Å². The van der Waals surface area contributed by atoms with Crippen LogP contribution >= 0.6 is 15.9 Å². The topological polar surface area (TPSA) is 77.4 Å². The summed E-state index contributed by atoms with van der Waals surface area (Å²) in [5.41, 5.74) is -0.390. The number of aromatic nitrogens is 1. The molecule has 26 heavy (non-hydrogen) atoms. The fourth-order valence-corrected chi connectivity index (χ4v) is 2.77. The number of esters is 1. The average Bonchev–Trinajstić information content (AvgIpc) is 2.58. The first-order valence-corrected chi connectivity index (χ1v) is 10.2. The highest BCUT2D eigenvalue weighted by Crippen LogP contribution is 2.25. The molecule has 1 aromatic heterocycles. The Morgan fingerprint density at radius 1 is 1.19 bits per heavy atom. The molecule has 0 bridgehead atoms. The van der Waals surface area contributed by atoms with E-state index in [1.807, 2.05) is 66.8 Å². The van der Waals surface area contributed by atoms with E-state index in [4.69, 9.17) is 4.74 Å². The van der Waals surface area contributed by atoms with Gasteiger partial charge in [0.1, 0.15) is 11.4 Å². The summed E-state index contributed by atoms with van der Waals surface area (Å²) in [7, 11) is 0. The van der Waals surface area contributed by atoms with Gasteiger partial charge < -0.3 is 15.8 Å². The van der Waals surface area contributed by atoms with E-state index in [-0.39, 0.29) is 17.7 Å². The summed E-state index contributed by atoms with van der Waals surface area (Å²) >= 11 is 3.40. The van der Waals surface area contributed by atoms with Gasteiger partial charge in [0.15, 0.2) is 0 Å². The number of rotatable bonds is 3. The first-order valence-electron chi connectivity index (χ1n) is 9.42. The number of halogens is 1. The minimum absolute atomic E-state index is 0. The van der Waals surface area contributed by atoms with Crippen LogP contribution in [0.3, 0.4) is 0 Å². The molecule has 152 valence electrons. The second-order valence-corrected chi connectivity index (χ2v) is 7.47. The maximum atomic E-state index is 11.9. The molecule has 0 saturated carbocycles. The molecule has 0 aromatic carbocycles. The van der Waals surface area contributed by atoms with Crippen molar-refractivity contribution in [3.8, 4) is 0 Å². The molecular formula is C20H38BrN3O2. The van der Waals surface area contributed by atoms with Crippen LogP contribution in [-0.2, 0) is 9.53 Å². The van der Waals surface area contributed by atoms with Gasteiger partial charge in [0, 0.05) is 30.2 Å². The predicted octanol–water partition coefficient (Wildman–Crippen LogP) is 6.01. The Morgan fingerprint density at radius 3 is 2.15 bits per heavy atom. The zero-order valence-corrected chi connectivity index (χ0v) is 19.2. The summed E-state index contributed by atoms with van der Waals surface area (Å²) in [6.45, 7) is 15.6. The van der Waals surface area contributed by atoms with Crippen molar-refractivity contribution in [3.05, 3.63) is 22.8 Å². The summed E-state index contributed by atoms with van der Waals surface area (Å²) in [4.78, 5) is 18.6. The molecule has 1 aliphatic rings. The van der Waals surface area contributed by atoms with Gasteiger partial charge in [0.2, 0.25) is 0 Å². The fourth-order valence-electron chi connectivity index (χ4n) is 2.54. The number of anilines is 1. The maximum Gasteiger partial charge on any atom is 0.306 e. The number of carbonyl (C=O) groups is 1. The average molecular weight is 432 g/mol. The van der Waals surface area contributed by atoms with Crippen molar-refractivity contribution < 1.29 is 9.53 Å². The largest absolute Gasteiger partial charge is 0.460 e. The Balaban J connectivity index is 0. The van der Waals surface area contributed by atoms with Crippen LogP contribution in [0.2, 0.25) is 0 Å². The van der Waals surface area contributed by atoms with Crippen LogP contribution in [0.1, 0.15) is 67.7 Å². The van der Waals surface area contributed by atoms with Crippen molar-refractivity contribution in [1.82, 2.24) is 11.1 Å². The molecule has 5 nitrogen and oxygen atoms in total. The standard InChI is InChI=1S/C16H23BrN2O2.2C2H6.H3N/c1-16(2,3)21-15(20)10-12-6-8-19(9-7-12)14-5-4-13(17)11-18-14;2*1-2;/h4-5,11-12H,6-10H2,1-3H3;2*1-2H3;1H3. The molecule has 0 aliphatic carbocycles. The number of piperidine rings is 1. The molecule has 3 N–H and O–H groups in total. The maximum absolute atomic E-state index is 11.9. The van der Waals surface area contributed by atoms with Crippen molar-refractivity contribution in [2.75, 3.05) is 18.0 Å². The molecular weight excluding hydrogens is 394 g/mol. The van der Waals surface area contributed by atoms with E-state index in [0.29, 0.717) is 12.3 Å². The van der Waals surface area contributed by atoms with Crippen LogP contribution in [0.4, 0.5) is 5.82 Å². The Labute approximate surface area is 168 Å². The Bertz CT molecular complexity index is 479. The lowest BCUT2D eigenvalue weighted by atomic mass is 9.93. The lowest BCUT2D eigenvalue weighted by Gasteiger charge is -2.32. The minimum Gasteiger partial charge on any atom is -0.460 e. The van der Waals surface area contributed by atoms with Crippen molar-refractivity contribution in [2.24, 2.45) is 5.92 Å². The van der Waals surface area contributed by atoms with E-state index in [1.54, 1.807) is 0 Å². The predicted molar refractivity (Wildman–Crippen MR) is 115 cm³/mol. The third-order valence-electron chi connectivity index (χ3n) is 3.53. The highest BCUT2D eigenvalue weighted by molar-refractivity contribution is 9.10. The molecule has 1 aromatic rings. The Morgan fingerprint density at radius 2 is 1.73 bits per heavy atom. The van der Waals surface area contributed by atoms with E-state index >= 15 is 0 Å². The molecule has 0 unspecified atom stereocenters. The molecule has 6 heteroatoms. The molecule has 1 saturated heterocycles. The molecule has 0 spiro atoms. The van der Waals surface area contributed by atoms with Gasteiger partial charge in [-0.2, -0.15) is 0 Å². The number of hydrogen-bond donors (Lipinski definition) is 1. The fraction of sp³-hybridized carbons (Fsp3) is 0.700. The monoisotopic (exact) mass is 431 g/mol. The molecule has 0 amide bonds. The van der Waals surface area contributed by atoms with Crippen LogP contribution < -0.4 is 11.1 Å². The zero-order valence-electron chi connectivity index (χ0n) is 17.6. The Kier molecular flexibility index (Phi) is 14.6. The van der Waals surface area contributed by atoms with Crippen molar-refractivity contribution in [3.63, 3.8) is 0 Å². The number of pyridine rings is 1. The van der Waals surface area contributed by atoms with Crippen LogP contribution in [0, 0.1) is 5.92 Å². The summed E-state index contributed by atoms with van der Waals surface area (Å²) < 4.78 is 6.39. The van der Waals surface area contributed by atoms with Crippen molar-refractivity contribution in [2.45, 2.75) is 73.3 Å². The van der Waals surface area contributed by atoms with Gasteiger partial charge in [0.05, 0.1) is 0 Å². The normalized spacial score (nSPS) is 14.1. The van der Waals surface area contributed by atoms with Gasteiger partial charge in [-0.15, -0.1) is 0 Å².